The summed E-state index contributed by atoms with van der Waals surface area (Å²) >= 11 is 0. The lowest BCUT2D eigenvalue weighted by atomic mass is 10.1. The number of allylic oxidation sites excluding steroid dienone is 1. The molecule has 102 valence electrons. The highest BCUT2D eigenvalue weighted by Crippen LogP contribution is 2.09. The Hall–Kier alpha value is -2.55. The molecule has 2 aromatic carbocycles. The van der Waals surface area contributed by atoms with Crippen LogP contribution in [0.4, 0.5) is 0 Å². The normalized spacial score (nSPS) is 10.9. The lowest BCUT2D eigenvalue weighted by molar-refractivity contribution is -0.121. The van der Waals surface area contributed by atoms with Gasteiger partial charge in [-0.1, -0.05) is 66.7 Å². The van der Waals surface area contributed by atoms with E-state index in [0.29, 0.717) is 6.42 Å². The Balaban J connectivity index is 1.90. The average molecular weight is 266 g/mol. The summed E-state index contributed by atoms with van der Waals surface area (Å²) in [6.07, 6.45) is 2.29. The molecule has 0 aliphatic rings. The first-order valence-electron chi connectivity index (χ1n) is 6.60. The summed E-state index contributed by atoms with van der Waals surface area (Å²) in [5.74, 6) is -0.0634. The van der Waals surface area contributed by atoms with Gasteiger partial charge in [-0.15, -0.1) is 0 Å². The van der Waals surface area contributed by atoms with E-state index in [1.54, 1.807) is 0 Å². The van der Waals surface area contributed by atoms with E-state index in [1.807, 2.05) is 73.7 Å². The Morgan fingerprint density at radius 1 is 0.950 bits per heavy atom. The number of rotatable bonds is 5. The Morgan fingerprint density at radius 3 is 2.15 bits per heavy atom. The maximum absolute atomic E-state index is 11.9. The standard InChI is InChI=1S/C17H18N2O/c1-2-16(15-11-7-4-8-12-15)18-19-17(20)13-14-9-5-3-6-10-14/h2-12,18H,13H2,1H3,(H,19,20)/b16-2-. The number of hydrogen-bond acceptors (Lipinski definition) is 2. The van der Waals surface area contributed by atoms with Gasteiger partial charge in [0.05, 0.1) is 12.1 Å². The first-order valence-corrected chi connectivity index (χ1v) is 6.60. The second-order valence-corrected chi connectivity index (χ2v) is 4.40. The largest absolute Gasteiger partial charge is 0.298 e. The molecular weight excluding hydrogens is 248 g/mol. The van der Waals surface area contributed by atoms with Crippen molar-refractivity contribution < 1.29 is 4.79 Å². The second kappa shape index (κ2) is 7.14. The summed E-state index contributed by atoms with van der Waals surface area (Å²) in [7, 11) is 0. The summed E-state index contributed by atoms with van der Waals surface area (Å²) in [6, 6.07) is 19.5. The highest BCUT2D eigenvalue weighted by molar-refractivity contribution is 5.79. The zero-order chi connectivity index (χ0) is 14.2. The van der Waals surface area contributed by atoms with E-state index in [2.05, 4.69) is 10.9 Å². The predicted molar refractivity (Wildman–Crippen MR) is 81.5 cm³/mol. The van der Waals surface area contributed by atoms with Crippen molar-refractivity contribution in [3.8, 4) is 0 Å². The van der Waals surface area contributed by atoms with Crippen LogP contribution >= 0.6 is 0 Å². The molecule has 0 radical (unpaired) electrons. The van der Waals surface area contributed by atoms with Gasteiger partial charge < -0.3 is 0 Å². The maximum Gasteiger partial charge on any atom is 0.242 e. The highest BCUT2D eigenvalue weighted by atomic mass is 16.2. The minimum Gasteiger partial charge on any atom is -0.298 e. The van der Waals surface area contributed by atoms with Crippen LogP contribution in [0.15, 0.2) is 66.7 Å². The number of amides is 1. The molecule has 0 aliphatic carbocycles. The molecule has 3 nitrogen and oxygen atoms in total. The Kier molecular flexibility index (Phi) is 4.95. The van der Waals surface area contributed by atoms with Crippen LogP contribution in [0.25, 0.3) is 5.70 Å². The second-order valence-electron chi connectivity index (χ2n) is 4.40. The molecule has 2 N–H and O–H groups in total. The van der Waals surface area contributed by atoms with Crippen molar-refractivity contribution in [2.24, 2.45) is 0 Å². The Labute approximate surface area is 119 Å². The molecule has 3 heteroatoms. The third-order valence-corrected chi connectivity index (χ3v) is 2.92. The van der Waals surface area contributed by atoms with Crippen molar-refractivity contribution in [2.75, 3.05) is 0 Å². The fourth-order valence-electron chi connectivity index (χ4n) is 1.89. The SMILES string of the molecule is C/C=C(\NNC(=O)Cc1ccccc1)c1ccccc1. The van der Waals surface area contributed by atoms with Crippen LogP contribution in [0, 0.1) is 0 Å². The number of benzene rings is 2. The molecule has 20 heavy (non-hydrogen) atoms. The van der Waals surface area contributed by atoms with Crippen LogP contribution in [0.2, 0.25) is 0 Å². The molecule has 0 spiro atoms. The summed E-state index contributed by atoms with van der Waals surface area (Å²) in [5.41, 5.74) is 8.60. The maximum atomic E-state index is 11.9. The number of hydrogen-bond donors (Lipinski definition) is 2. The predicted octanol–water partition coefficient (Wildman–Crippen LogP) is 2.91. The van der Waals surface area contributed by atoms with E-state index < -0.39 is 0 Å². The monoisotopic (exact) mass is 266 g/mol. The van der Waals surface area contributed by atoms with Gasteiger partial charge in [0.15, 0.2) is 0 Å². The average Bonchev–Trinajstić information content (AvgIpc) is 2.50. The molecule has 2 aromatic rings. The van der Waals surface area contributed by atoms with Gasteiger partial charge in [0.25, 0.3) is 0 Å². The number of carbonyl (C=O) groups is 1. The van der Waals surface area contributed by atoms with Gasteiger partial charge >= 0.3 is 0 Å². The smallest absolute Gasteiger partial charge is 0.242 e. The zero-order valence-electron chi connectivity index (χ0n) is 11.5. The van der Waals surface area contributed by atoms with Gasteiger partial charge in [-0.3, -0.25) is 15.6 Å². The van der Waals surface area contributed by atoms with E-state index in [0.717, 1.165) is 16.8 Å². The van der Waals surface area contributed by atoms with Gasteiger partial charge in [-0.2, -0.15) is 0 Å². The fourth-order valence-corrected chi connectivity index (χ4v) is 1.89. The number of hydrazine groups is 1. The molecule has 0 aliphatic heterocycles. The Bertz CT molecular complexity index is 576. The van der Waals surface area contributed by atoms with Gasteiger partial charge in [0.2, 0.25) is 5.91 Å². The molecule has 0 saturated heterocycles. The lowest BCUT2D eigenvalue weighted by Crippen LogP contribution is -2.37. The highest BCUT2D eigenvalue weighted by Gasteiger charge is 2.04. The van der Waals surface area contributed by atoms with Crippen LogP contribution in [-0.2, 0) is 11.2 Å². The fraction of sp³-hybridized carbons (Fsp3) is 0.118. The molecule has 0 bridgehead atoms. The number of carbonyl (C=O) groups excluding carboxylic acids is 1. The lowest BCUT2D eigenvalue weighted by Gasteiger charge is -2.12. The van der Waals surface area contributed by atoms with Gasteiger partial charge in [-0.25, -0.2) is 0 Å². The minimum absolute atomic E-state index is 0.0634. The van der Waals surface area contributed by atoms with Gasteiger partial charge in [-0.05, 0) is 18.1 Å². The van der Waals surface area contributed by atoms with Crippen molar-refractivity contribution >= 4 is 11.6 Å². The van der Waals surface area contributed by atoms with Crippen LogP contribution in [0.1, 0.15) is 18.1 Å². The van der Waals surface area contributed by atoms with E-state index in [9.17, 15) is 4.79 Å². The minimum atomic E-state index is -0.0634. The summed E-state index contributed by atoms with van der Waals surface area (Å²) in [4.78, 5) is 11.9. The molecule has 0 aromatic heterocycles. The van der Waals surface area contributed by atoms with E-state index in [1.165, 1.54) is 0 Å². The molecule has 2 rings (SSSR count). The van der Waals surface area contributed by atoms with Crippen LogP contribution < -0.4 is 10.9 Å². The molecule has 0 atom stereocenters. The summed E-state index contributed by atoms with van der Waals surface area (Å²) in [5, 5.41) is 0. The summed E-state index contributed by atoms with van der Waals surface area (Å²) < 4.78 is 0. The quantitative estimate of drug-likeness (QED) is 0.817. The topological polar surface area (TPSA) is 41.1 Å². The molecule has 1 amide bonds. The van der Waals surface area contributed by atoms with Crippen molar-refractivity contribution in [2.45, 2.75) is 13.3 Å². The first kappa shape index (κ1) is 13.9. The molecular formula is C17H18N2O. The van der Waals surface area contributed by atoms with E-state index in [4.69, 9.17) is 0 Å². The first-order chi connectivity index (χ1) is 9.79. The van der Waals surface area contributed by atoms with Crippen molar-refractivity contribution in [3.05, 3.63) is 77.9 Å². The molecule has 0 saturated carbocycles. The van der Waals surface area contributed by atoms with Crippen molar-refractivity contribution in [1.29, 1.82) is 0 Å². The van der Waals surface area contributed by atoms with Gasteiger partial charge in [0.1, 0.15) is 0 Å². The van der Waals surface area contributed by atoms with Gasteiger partial charge in [0, 0.05) is 0 Å². The van der Waals surface area contributed by atoms with Crippen molar-refractivity contribution in [3.63, 3.8) is 0 Å². The molecule has 0 fully saturated rings. The Morgan fingerprint density at radius 2 is 1.55 bits per heavy atom. The number of nitrogens with one attached hydrogen (secondary N) is 2. The van der Waals surface area contributed by atoms with Crippen LogP contribution in [0.3, 0.4) is 0 Å². The van der Waals surface area contributed by atoms with E-state index in [-0.39, 0.29) is 5.91 Å². The third-order valence-electron chi connectivity index (χ3n) is 2.92. The molecule has 0 heterocycles. The van der Waals surface area contributed by atoms with Crippen LogP contribution in [-0.4, -0.2) is 5.91 Å². The third kappa shape index (κ3) is 3.99. The van der Waals surface area contributed by atoms with Crippen LogP contribution in [0.5, 0.6) is 0 Å². The van der Waals surface area contributed by atoms with Crippen molar-refractivity contribution in [1.82, 2.24) is 10.9 Å². The summed E-state index contributed by atoms with van der Waals surface area (Å²) in [6.45, 7) is 1.93. The zero-order valence-corrected chi connectivity index (χ0v) is 11.5. The van der Waals surface area contributed by atoms with E-state index >= 15 is 0 Å². The molecule has 0 unspecified atom stereocenters.